The van der Waals surface area contributed by atoms with Gasteiger partial charge < -0.3 is 10.3 Å². The van der Waals surface area contributed by atoms with Gasteiger partial charge in [-0.2, -0.15) is 5.10 Å². The van der Waals surface area contributed by atoms with Gasteiger partial charge in [-0.15, -0.1) is 0 Å². The fourth-order valence-corrected chi connectivity index (χ4v) is 3.63. The zero-order valence-electron chi connectivity index (χ0n) is 16.2. The van der Waals surface area contributed by atoms with E-state index in [1.54, 1.807) is 0 Å². The predicted octanol–water partition coefficient (Wildman–Crippen LogP) is 4.93. The van der Waals surface area contributed by atoms with Gasteiger partial charge in [0, 0.05) is 29.2 Å². The second kappa shape index (κ2) is 7.72. The molecule has 0 aliphatic carbocycles. The summed E-state index contributed by atoms with van der Waals surface area (Å²) in [6, 6.07) is 18.1. The summed E-state index contributed by atoms with van der Waals surface area (Å²) >= 11 is 0. The van der Waals surface area contributed by atoms with Crippen LogP contribution in [0.15, 0.2) is 60.8 Å². The summed E-state index contributed by atoms with van der Waals surface area (Å²) in [4.78, 5) is 15.8. The number of nitrogens with one attached hydrogen (secondary N) is 2. The first-order chi connectivity index (χ1) is 13.6. The molecular formula is C23H24N4O. The number of rotatable bonds is 6. The van der Waals surface area contributed by atoms with Crippen molar-refractivity contribution in [1.29, 1.82) is 0 Å². The van der Waals surface area contributed by atoms with Gasteiger partial charge in [0.05, 0.1) is 17.1 Å². The van der Waals surface area contributed by atoms with Crippen molar-refractivity contribution < 1.29 is 4.79 Å². The summed E-state index contributed by atoms with van der Waals surface area (Å²) in [5, 5.41) is 8.82. The number of nitrogens with zero attached hydrogens (tertiary/aromatic N) is 2. The van der Waals surface area contributed by atoms with Crippen LogP contribution in [0.1, 0.15) is 29.8 Å². The predicted molar refractivity (Wildman–Crippen MR) is 113 cm³/mol. The Morgan fingerprint density at radius 3 is 2.71 bits per heavy atom. The minimum atomic E-state index is 0.0221. The van der Waals surface area contributed by atoms with Crippen molar-refractivity contribution in [3.05, 3.63) is 77.7 Å². The molecule has 0 atom stereocenters. The maximum atomic E-state index is 12.5. The number of amides is 1. The monoisotopic (exact) mass is 372 g/mol. The molecule has 2 aromatic heterocycles. The number of hydrogen-bond acceptors (Lipinski definition) is 2. The quantitative estimate of drug-likeness (QED) is 0.504. The first-order valence-corrected chi connectivity index (χ1v) is 9.59. The number of aryl methyl sites for hydroxylation is 3. The molecule has 0 radical (unpaired) electrons. The molecular weight excluding hydrogens is 348 g/mol. The van der Waals surface area contributed by atoms with Crippen LogP contribution < -0.4 is 5.32 Å². The summed E-state index contributed by atoms with van der Waals surface area (Å²) in [6.45, 7) is 3.98. The molecule has 28 heavy (non-hydrogen) atoms. The Balaban J connectivity index is 1.41. The Bertz CT molecular complexity index is 1120. The Labute approximate surface area is 164 Å². The van der Waals surface area contributed by atoms with Gasteiger partial charge in [-0.25, -0.2) is 4.68 Å². The van der Waals surface area contributed by atoms with E-state index >= 15 is 0 Å². The lowest BCUT2D eigenvalue weighted by Crippen LogP contribution is -2.14. The molecule has 142 valence electrons. The first kappa shape index (κ1) is 18.0. The number of hydrogen-bond donors (Lipinski definition) is 2. The molecule has 5 heteroatoms. The van der Waals surface area contributed by atoms with Crippen LogP contribution in [0.3, 0.4) is 0 Å². The minimum Gasteiger partial charge on any atom is -0.361 e. The van der Waals surface area contributed by atoms with E-state index in [1.165, 1.54) is 10.9 Å². The summed E-state index contributed by atoms with van der Waals surface area (Å²) in [5.74, 6) is 0.0221. The van der Waals surface area contributed by atoms with Crippen LogP contribution in [0, 0.1) is 13.8 Å². The van der Waals surface area contributed by atoms with Crippen LogP contribution in [0.2, 0.25) is 0 Å². The highest BCUT2D eigenvalue weighted by molar-refractivity contribution is 5.93. The van der Waals surface area contributed by atoms with Crippen molar-refractivity contribution in [3.63, 3.8) is 0 Å². The van der Waals surface area contributed by atoms with Crippen molar-refractivity contribution in [2.75, 3.05) is 5.32 Å². The zero-order valence-corrected chi connectivity index (χ0v) is 16.2. The van der Waals surface area contributed by atoms with Gasteiger partial charge in [0.15, 0.2) is 0 Å². The molecule has 0 unspecified atom stereocenters. The van der Waals surface area contributed by atoms with E-state index in [9.17, 15) is 4.79 Å². The van der Waals surface area contributed by atoms with Crippen LogP contribution in [0.5, 0.6) is 0 Å². The number of para-hydroxylation sites is 3. The van der Waals surface area contributed by atoms with Crippen molar-refractivity contribution in [2.45, 2.75) is 33.1 Å². The van der Waals surface area contributed by atoms with E-state index in [2.05, 4.69) is 27.5 Å². The van der Waals surface area contributed by atoms with Crippen LogP contribution in [-0.2, 0) is 11.2 Å². The van der Waals surface area contributed by atoms with Gasteiger partial charge in [-0.1, -0.05) is 30.3 Å². The van der Waals surface area contributed by atoms with Crippen molar-refractivity contribution in [1.82, 2.24) is 14.8 Å². The number of anilines is 1. The molecule has 0 fully saturated rings. The third-order valence-electron chi connectivity index (χ3n) is 4.94. The summed E-state index contributed by atoms with van der Waals surface area (Å²) in [7, 11) is 0. The lowest BCUT2D eigenvalue weighted by atomic mass is 10.1. The molecule has 1 amide bonds. The van der Waals surface area contributed by atoms with Crippen LogP contribution in [-0.4, -0.2) is 20.7 Å². The van der Waals surface area contributed by atoms with Crippen LogP contribution >= 0.6 is 0 Å². The molecule has 0 bridgehead atoms. The lowest BCUT2D eigenvalue weighted by molar-refractivity contribution is -0.116. The van der Waals surface area contributed by atoms with E-state index in [4.69, 9.17) is 0 Å². The fourth-order valence-electron chi connectivity index (χ4n) is 3.63. The van der Waals surface area contributed by atoms with Gasteiger partial charge in [-0.05, 0) is 56.5 Å². The molecule has 0 spiro atoms. The zero-order chi connectivity index (χ0) is 19.5. The minimum absolute atomic E-state index is 0.0221. The standard InChI is InChI=1S/C23H24N4O/c1-16-14-17(2)27(26-16)22-12-6-5-11-21(22)25-23(28)13-7-8-18-15-24-20-10-4-3-9-19(18)20/h3-6,9-12,14-15,24H,7-8,13H2,1-2H3,(H,25,28). The Hall–Kier alpha value is -3.34. The highest BCUT2D eigenvalue weighted by Crippen LogP contribution is 2.23. The third-order valence-corrected chi connectivity index (χ3v) is 4.94. The van der Waals surface area contributed by atoms with E-state index < -0.39 is 0 Å². The first-order valence-electron chi connectivity index (χ1n) is 9.59. The molecule has 0 saturated heterocycles. The number of carbonyl (C=O) groups is 1. The Kier molecular flexibility index (Phi) is 4.98. The summed E-state index contributed by atoms with van der Waals surface area (Å²) in [6.07, 6.45) is 4.19. The van der Waals surface area contributed by atoms with E-state index in [1.807, 2.05) is 67.2 Å². The van der Waals surface area contributed by atoms with Crippen molar-refractivity contribution in [3.8, 4) is 5.69 Å². The number of fused-ring (bicyclic) bond motifs is 1. The number of carbonyl (C=O) groups excluding carboxylic acids is 1. The maximum Gasteiger partial charge on any atom is 0.224 e. The van der Waals surface area contributed by atoms with Gasteiger partial charge in [-0.3, -0.25) is 4.79 Å². The highest BCUT2D eigenvalue weighted by atomic mass is 16.1. The Morgan fingerprint density at radius 1 is 1.11 bits per heavy atom. The van der Waals surface area contributed by atoms with E-state index in [0.717, 1.165) is 41.1 Å². The average molecular weight is 372 g/mol. The summed E-state index contributed by atoms with van der Waals surface area (Å²) in [5.41, 5.74) is 6.06. The van der Waals surface area contributed by atoms with Crippen LogP contribution in [0.4, 0.5) is 5.69 Å². The second-order valence-electron chi connectivity index (χ2n) is 7.12. The molecule has 0 aliphatic heterocycles. The SMILES string of the molecule is Cc1cc(C)n(-c2ccccc2NC(=O)CCCc2c[nH]c3ccccc23)n1. The molecule has 2 N–H and O–H groups in total. The fraction of sp³-hybridized carbons (Fsp3) is 0.217. The molecule has 4 aromatic rings. The normalized spacial score (nSPS) is 11.1. The van der Waals surface area contributed by atoms with E-state index in [-0.39, 0.29) is 5.91 Å². The molecule has 2 aromatic carbocycles. The molecule has 5 nitrogen and oxygen atoms in total. The molecule has 0 saturated carbocycles. The maximum absolute atomic E-state index is 12.5. The smallest absolute Gasteiger partial charge is 0.224 e. The molecule has 0 aliphatic rings. The number of benzene rings is 2. The van der Waals surface area contributed by atoms with Gasteiger partial charge in [0.1, 0.15) is 0 Å². The molecule has 2 heterocycles. The average Bonchev–Trinajstić information content (AvgIpc) is 3.25. The summed E-state index contributed by atoms with van der Waals surface area (Å²) < 4.78 is 1.87. The third kappa shape index (κ3) is 3.69. The van der Waals surface area contributed by atoms with Gasteiger partial charge in [0.25, 0.3) is 0 Å². The second-order valence-corrected chi connectivity index (χ2v) is 7.12. The Morgan fingerprint density at radius 2 is 1.89 bits per heavy atom. The molecule has 4 rings (SSSR count). The largest absolute Gasteiger partial charge is 0.361 e. The topological polar surface area (TPSA) is 62.7 Å². The van der Waals surface area contributed by atoms with E-state index in [0.29, 0.717) is 6.42 Å². The lowest BCUT2D eigenvalue weighted by Gasteiger charge is -2.12. The number of aromatic amines is 1. The highest BCUT2D eigenvalue weighted by Gasteiger charge is 2.11. The van der Waals surface area contributed by atoms with Crippen molar-refractivity contribution in [2.24, 2.45) is 0 Å². The van der Waals surface area contributed by atoms with Gasteiger partial charge in [0.2, 0.25) is 5.91 Å². The van der Waals surface area contributed by atoms with Crippen LogP contribution in [0.25, 0.3) is 16.6 Å². The number of H-pyrrole nitrogens is 1. The van der Waals surface area contributed by atoms with Crippen molar-refractivity contribution >= 4 is 22.5 Å². The van der Waals surface area contributed by atoms with Gasteiger partial charge >= 0.3 is 0 Å². The number of aromatic nitrogens is 3.